The molecule has 0 amide bonds. The van der Waals surface area contributed by atoms with E-state index in [2.05, 4.69) is 26.5 Å². The van der Waals surface area contributed by atoms with Crippen LogP contribution in [-0.2, 0) is 0 Å². The zero-order chi connectivity index (χ0) is 10.3. The van der Waals surface area contributed by atoms with Crippen molar-refractivity contribution >= 4 is 11.3 Å². The number of aromatic nitrogens is 5. The van der Waals surface area contributed by atoms with Crippen molar-refractivity contribution in [3.8, 4) is 5.69 Å². The number of imidazole rings is 1. The first kappa shape index (κ1) is 8.10. The van der Waals surface area contributed by atoms with Crippen LogP contribution < -0.4 is 0 Å². The van der Waals surface area contributed by atoms with Crippen molar-refractivity contribution in [1.29, 1.82) is 0 Å². The predicted octanol–water partition coefficient (Wildman–Crippen LogP) is 1.08. The van der Waals surface area contributed by atoms with Crippen LogP contribution in [0.15, 0.2) is 24.3 Å². The van der Waals surface area contributed by atoms with Gasteiger partial charge in [0.2, 0.25) is 11.3 Å². The first-order valence-electron chi connectivity index (χ1n) is 4.28. The fourth-order valence-electron chi connectivity index (χ4n) is 1.31. The van der Waals surface area contributed by atoms with E-state index in [9.17, 15) is 4.39 Å². The Balaban J connectivity index is 2.22. The largest absolute Gasteiger partial charge is 0.317 e. The van der Waals surface area contributed by atoms with Gasteiger partial charge in [0.05, 0.1) is 0 Å². The van der Waals surface area contributed by atoms with Crippen LogP contribution in [0.1, 0.15) is 0 Å². The molecule has 3 aromatic rings. The monoisotopic (exact) mass is 202 g/mol. The van der Waals surface area contributed by atoms with E-state index in [1.807, 2.05) is 0 Å². The van der Waals surface area contributed by atoms with Crippen LogP contribution in [0.2, 0.25) is 0 Å². The Morgan fingerprint density at radius 2 is 2.13 bits per heavy atom. The highest BCUT2D eigenvalue weighted by Gasteiger charge is 2.09. The molecule has 2 aromatic heterocycles. The molecule has 0 aliphatic rings. The van der Waals surface area contributed by atoms with E-state index < -0.39 is 0 Å². The molecule has 1 aromatic carbocycles. The Morgan fingerprint density at radius 3 is 2.93 bits per heavy atom. The maximum atomic E-state index is 13.4. The Kier molecular flexibility index (Phi) is 1.55. The predicted molar refractivity (Wildman–Crippen MR) is 49.8 cm³/mol. The van der Waals surface area contributed by atoms with Gasteiger partial charge in [0.25, 0.3) is 0 Å². The fourth-order valence-corrected chi connectivity index (χ4v) is 1.31. The van der Waals surface area contributed by atoms with Gasteiger partial charge in [-0.25, -0.2) is 9.37 Å². The summed E-state index contributed by atoms with van der Waals surface area (Å²) in [5.41, 5.74) is 1.19. The molecule has 0 aliphatic heterocycles. The number of para-hydroxylation sites is 1. The minimum Gasteiger partial charge on any atom is -0.317 e. The molecule has 0 fully saturated rings. The second kappa shape index (κ2) is 2.88. The summed E-state index contributed by atoms with van der Waals surface area (Å²) in [6.07, 6.45) is 2.50. The zero-order valence-electron chi connectivity index (χ0n) is 7.48. The van der Waals surface area contributed by atoms with Gasteiger partial charge in [0.1, 0.15) is 5.69 Å². The summed E-state index contributed by atoms with van der Waals surface area (Å²) in [6.45, 7) is 0. The highest BCUT2D eigenvalue weighted by Crippen LogP contribution is 2.12. The second-order valence-corrected chi connectivity index (χ2v) is 2.96. The van der Waals surface area contributed by atoms with Crippen molar-refractivity contribution in [2.45, 2.75) is 0 Å². The summed E-state index contributed by atoms with van der Waals surface area (Å²) in [4.78, 5) is 7.68. The fraction of sp³-hybridized carbons (Fsp3) is 0. The van der Waals surface area contributed by atoms with Crippen molar-refractivity contribution in [2.24, 2.45) is 0 Å². The third-order valence-corrected chi connectivity index (χ3v) is 2.00. The summed E-state index contributed by atoms with van der Waals surface area (Å²) in [6, 6.07) is 6.28. The Bertz CT molecular complexity index is 583. The lowest BCUT2D eigenvalue weighted by atomic mass is 10.3. The van der Waals surface area contributed by atoms with Gasteiger partial charge in [-0.2, -0.15) is 0 Å². The number of rotatable bonds is 1. The third kappa shape index (κ3) is 1.18. The second-order valence-electron chi connectivity index (χ2n) is 2.96. The molecule has 5 nitrogen and oxygen atoms in total. The Labute approximate surface area is 83.6 Å². The summed E-state index contributed by atoms with van der Waals surface area (Å²) < 4.78 is 13.4. The number of nitrogens with one attached hydrogen (secondary N) is 1. The quantitative estimate of drug-likeness (QED) is 0.642. The molecule has 1 radical (unpaired) electrons. The van der Waals surface area contributed by atoms with Crippen LogP contribution >= 0.6 is 0 Å². The number of hydrogen-bond acceptors (Lipinski definition) is 3. The molecule has 1 N–H and O–H groups in total. The van der Waals surface area contributed by atoms with E-state index in [4.69, 9.17) is 0 Å². The first-order valence-corrected chi connectivity index (χ1v) is 4.28. The molecule has 0 unspecified atom stereocenters. The first-order chi connectivity index (χ1) is 7.34. The molecule has 0 spiro atoms. The standard InChI is InChI=1S/C9H5FN5/c10-6-3-1-2-4-7(6)15-13-8-9(14-15)12-5-11-8/h1-4H,(H,11,12,13,14). The molecule has 0 atom stereocenters. The van der Waals surface area contributed by atoms with E-state index in [-0.39, 0.29) is 5.82 Å². The average Bonchev–Trinajstić information content (AvgIpc) is 2.77. The minimum absolute atomic E-state index is 0.295. The van der Waals surface area contributed by atoms with E-state index in [1.165, 1.54) is 10.9 Å². The van der Waals surface area contributed by atoms with Gasteiger partial charge in [-0.1, -0.05) is 12.1 Å². The van der Waals surface area contributed by atoms with Crippen LogP contribution in [0.3, 0.4) is 0 Å². The molecular formula is C9H5FN5. The highest BCUT2D eigenvalue weighted by atomic mass is 19.1. The lowest BCUT2D eigenvalue weighted by Crippen LogP contribution is -2.01. The molecule has 3 rings (SSSR count). The zero-order valence-corrected chi connectivity index (χ0v) is 7.48. The molecule has 6 heteroatoms. The van der Waals surface area contributed by atoms with Gasteiger partial charge in [0, 0.05) is 0 Å². The number of fused-ring (bicyclic) bond motifs is 1. The number of nitrogens with zero attached hydrogens (tertiary/aromatic N) is 4. The average molecular weight is 202 g/mol. The molecule has 15 heavy (non-hydrogen) atoms. The van der Waals surface area contributed by atoms with E-state index in [1.54, 1.807) is 18.2 Å². The maximum absolute atomic E-state index is 13.4. The third-order valence-electron chi connectivity index (χ3n) is 2.00. The van der Waals surface area contributed by atoms with Gasteiger partial charge < -0.3 is 4.98 Å². The number of benzene rings is 1. The lowest BCUT2D eigenvalue weighted by Gasteiger charge is -1.98. The van der Waals surface area contributed by atoms with Crippen molar-refractivity contribution in [2.75, 3.05) is 0 Å². The SMILES string of the molecule is Fc1ccccc1-n1nc2n[c][nH]c2n1. The van der Waals surface area contributed by atoms with Crippen LogP contribution in [0.5, 0.6) is 0 Å². The smallest absolute Gasteiger partial charge is 0.221 e. The molecule has 0 aliphatic carbocycles. The normalized spacial score (nSPS) is 11.0. The van der Waals surface area contributed by atoms with Gasteiger partial charge in [0.15, 0.2) is 12.1 Å². The van der Waals surface area contributed by atoms with Crippen molar-refractivity contribution < 1.29 is 4.39 Å². The van der Waals surface area contributed by atoms with Crippen molar-refractivity contribution in [3.63, 3.8) is 0 Å². The van der Waals surface area contributed by atoms with E-state index >= 15 is 0 Å². The molecule has 0 saturated heterocycles. The van der Waals surface area contributed by atoms with Crippen LogP contribution in [-0.4, -0.2) is 25.0 Å². The lowest BCUT2D eigenvalue weighted by molar-refractivity contribution is 0.598. The number of halogens is 1. The van der Waals surface area contributed by atoms with Crippen LogP contribution in [0.4, 0.5) is 4.39 Å². The summed E-state index contributed by atoms with van der Waals surface area (Å²) in [5.74, 6) is -0.376. The van der Waals surface area contributed by atoms with Crippen molar-refractivity contribution in [1.82, 2.24) is 25.0 Å². The molecule has 73 valence electrons. The number of hydrogen-bond donors (Lipinski definition) is 1. The number of H-pyrrole nitrogens is 1. The Morgan fingerprint density at radius 1 is 1.27 bits per heavy atom. The summed E-state index contributed by atoms with van der Waals surface area (Å²) in [7, 11) is 0. The topological polar surface area (TPSA) is 59.4 Å². The molecule has 0 saturated carbocycles. The summed E-state index contributed by atoms with van der Waals surface area (Å²) in [5, 5.41) is 8.02. The minimum atomic E-state index is -0.376. The van der Waals surface area contributed by atoms with Crippen LogP contribution in [0.25, 0.3) is 17.0 Å². The van der Waals surface area contributed by atoms with Crippen molar-refractivity contribution in [3.05, 3.63) is 36.4 Å². The molecular weight excluding hydrogens is 197 g/mol. The van der Waals surface area contributed by atoms with Gasteiger partial charge >= 0.3 is 0 Å². The van der Waals surface area contributed by atoms with Gasteiger partial charge in [-0.05, 0) is 12.1 Å². The number of aromatic amines is 1. The maximum Gasteiger partial charge on any atom is 0.221 e. The van der Waals surface area contributed by atoms with Crippen LogP contribution in [0, 0.1) is 12.1 Å². The van der Waals surface area contributed by atoms with Gasteiger partial charge in [-0.15, -0.1) is 15.0 Å². The van der Waals surface area contributed by atoms with E-state index in [0.717, 1.165) is 0 Å². The highest BCUT2D eigenvalue weighted by molar-refractivity contribution is 5.63. The van der Waals surface area contributed by atoms with Gasteiger partial charge in [-0.3, -0.25) is 0 Å². The molecule has 0 bridgehead atoms. The summed E-state index contributed by atoms with van der Waals surface area (Å²) >= 11 is 0. The van der Waals surface area contributed by atoms with E-state index in [0.29, 0.717) is 17.0 Å². The molecule has 2 heterocycles. The Hall–Kier alpha value is -2.24.